The topological polar surface area (TPSA) is 63.2 Å². The van der Waals surface area contributed by atoms with Gasteiger partial charge in [0.1, 0.15) is 0 Å². The fraction of sp³-hybridized carbons (Fsp3) is 0. The molecule has 6 heteroatoms. The quantitative estimate of drug-likeness (QED) is 0.862. The Kier molecular flexibility index (Phi) is 3.83. The molecule has 0 aliphatic carbocycles. The van der Waals surface area contributed by atoms with Crippen molar-refractivity contribution in [3.8, 4) is 0 Å². The fourth-order valence-corrected chi connectivity index (χ4v) is 3.58. The zero-order chi connectivity index (χ0) is 16.6. The number of fused-ring (bicyclic) bond motifs is 1. The normalized spacial score (nSPS) is 14.3. The van der Waals surface area contributed by atoms with E-state index in [1.165, 1.54) is 12.1 Å². The Morgan fingerprint density at radius 1 is 1.09 bits per heavy atom. The number of carbonyl (C=O) groups is 1. The Labute approximate surface area is 139 Å². The number of halogens is 1. The van der Waals surface area contributed by atoms with Crippen molar-refractivity contribution in [3.05, 3.63) is 70.6 Å². The summed E-state index contributed by atoms with van der Waals surface area (Å²) in [5.74, 6) is -0.407. The third-order valence-electron chi connectivity index (χ3n) is 3.47. The summed E-state index contributed by atoms with van der Waals surface area (Å²) in [5, 5.41) is 4.38. The first-order valence-electron chi connectivity index (χ1n) is 6.70. The molecule has 0 fully saturated rings. The number of benzene rings is 2. The molecule has 0 saturated carbocycles. The number of anilines is 1. The van der Waals surface area contributed by atoms with Crippen LogP contribution in [0.1, 0.15) is 11.1 Å². The van der Waals surface area contributed by atoms with Crippen LogP contribution in [0.25, 0.3) is 11.6 Å². The van der Waals surface area contributed by atoms with E-state index >= 15 is 0 Å². The highest BCUT2D eigenvalue weighted by Crippen LogP contribution is 2.29. The van der Waals surface area contributed by atoms with Crippen molar-refractivity contribution < 1.29 is 13.2 Å². The van der Waals surface area contributed by atoms with Crippen LogP contribution >= 0.6 is 11.6 Å². The van der Waals surface area contributed by atoms with Gasteiger partial charge in [0.25, 0.3) is 5.91 Å². The lowest BCUT2D eigenvalue weighted by molar-refractivity contribution is -0.111. The van der Waals surface area contributed by atoms with Crippen LogP contribution < -0.4 is 5.32 Å². The van der Waals surface area contributed by atoms with E-state index in [4.69, 9.17) is 11.6 Å². The molecular weight excluding hydrogens is 334 g/mol. The first-order valence-corrected chi connectivity index (χ1v) is 8.63. The molecule has 1 amide bonds. The van der Waals surface area contributed by atoms with Gasteiger partial charge in [0.05, 0.1) is 4.90 Å². The Morgan fingerprint density at radius 2 is 1.78 bits per heavy atom. The van der Waals surface area contributed by atoms with Crippen LogP contribution in [-0.2, 0) is 14.6 Å². The number of carbonyl (C=O) groups excluding carboxylic acids is 1. The molecule has 1 N–H and O–H groups in total. The molecule has 0 aromatic heterocycles. The Hall–Kier alpha value is -2.37. The molecule has 1 aliphatic heterocycles. The molecule has 1 aliphatic rings. The van der Waals surface area contributed by atoms with E-state index in [1.807, 2.05) is 0 Å². The number of hydrogen-bond acceptors (Lipinski definition) is 3. The summed E-state index contributed by atoms with van der Waals surface area (Å²) in [6.45, 7) is 3.77. The van der Waals surface area contributed by atoms with Gasteiger partial charge < -0.3 is 5.32 Å². The highest BCUT2D eigenvalue weighted by atomic mass is 35.5. The summed E-state index contributed by atoms with van der Waals surface area (Å²) >= 11 is 5.81. The Bertz CT molecular complexity index is 944. The molecule has 2 aromatic carbocycles. The van der Waals surface area contributed by atoms with Gasteiger partial charge in [0.15, 0.2) is 0 Å². The van der Waals surface area contributed by atoms with E-state index < -0.39 is 15.7 Å². The molecule has 2 aromatic rings. The minimum atomic E-state index is -3.41. The number of amides is 1. The number of sulfone groups is 1. The highest BCUT2D eigenvalue weighted by Gasteiger charge is 2.21. The minimum Gasteiger partial charge on any atom is -0.322 e. The maximum absolute atomic E-state index is 12.3. The fourth-order valence-electron chi connectivity index (χ4n) is 2.22. The summed E-state index contributed by atoms with van der Waals surface area (Å²) < 4.78 is 23.7. The predicted octanol–water partition coefficient (Wildman–Crippen LogP) is 3.75. The summed E-state index contributed by atoms with van der Waals surface area (Å²) in [7, 11) is -3.41. The number of rotatable bonds is 3. The second kappa shape index (κ2) is 5.68. The monoisotopic (exact) mass is 345 g/mol. The lowest BCUT2D eigenvalue weighted by atomic mass is 10.1. The van der Waals surface area contributed by atoms with Crippen molar-refractivity contribution in [2.45, 2.75) is 4.90 Å². The second-order valence-corrected chi connectivity index (χ2v) is 7.28. The molecule has 3 rings (SSSR count). The van der Waals surface area contributed by atoms with E-state index in [0.29, 0.717) is 21.8 Å². The molecule has 0 saturated heterocycles. The zero-order valence-electron chi connectivity index (χ0n) is 11.9. The molecule has 23 heavy (non-hydrogen) atoms. The van der Waals surface area contributed by atoms with Crippen LogP contribution in [0.15, 0.2) is 59.3 Å². The molecular formula is C17H12ClNO3S. The van der Waals surface area contributed by atoms with Gasteiger partial charge in [0.2, 0.25) is 9.84 Å². The van der Waals surface area contributed by atoms with Crippen LogP contribution in [-0.4, -0.2) is 14.3 Å². The molecule has 0 spiro atoms. The summed E-state index contributed by atoms with van der Waals surface area (Å²) in [6, 6.07) is 11.5. The van der Waals surface area contributed by atoms with Crippen molar-refractivity contribution >= 4 is 44.7 Å². The SMILES string of the molecule is C=C(C(=O)Nc1ccc2c(c1)S(=O)(=O)C=C2)c1ccc(Cl)cc1. The number of nitrogens with one attached hydrogen (secondary N) is 1. The van der Waals surface area contributed by atoms with Crippen LogP contribution in [0.5, 0.6) is 0 Å². The van der Waals surface area contributed by atoms with E-state index in [1.54, 1.807) is 36.4 Å². The minimum absolute atomic E-state index is 0.187. The van der Waals surface area contributed by atoms with Gasteiger partial charge in [-0.2, -0.15) is 0 Å². The van der Waals surface area contributed by atoms with Gasteiger partial charge in [-0.25, -0.2) is 8.42 Å². The zero-order valence-corrected chi connectivity index (χ0v) is 13.5. The van der Waals surface area contributed by atoms with E-state index in [2.05, 4.69) is 11.9 Å². The largest absolute Gasteiger partial charge is 0.322 e. The summed E-state index contributed by atoms with van der Waals surface area (Å²) in [4.78, 5) is 12.4. The molecule has 4 nitrogen and oxygen atoms in total. The highest BCUT2D eigenvalue weighted by molar-refractivity contribution is 7.94. The lowest BCUT2D eigenvalue weighted by Crippen LogP contribution is -2.13. The van der Waals surface area contributed by atoms with Crippen molar-refractivity contribution in [2.24, 2.45) is 0 Å². The van der Waals surface area contributed by atoms with E-state index in [-0.39, 0.29) is 10.5 Å². The van der Waals surface area contributed by atoms with Crippen LogP contribution in [0.4, 0.5) is 5.69 Å². The molecule has 0 unspecified atom stereocenters. The third kappa shape index (κ3) is 3.06. The first kappa shape index (κ1) is 15.5. The Balaban J connectivity index is 1.82. The molecule has 0 atom stereocenters. The van der Waals surface area contributed by atoms with Crippen LogP contribution in [0, 0.1) is 0 Å². The molecule has 0 radical (unpaired) electrons. The summed E-state index contributed by atoms with van der Waals surface area (Å²) in [6.07, 6.45) is 1.53. The van der Waals surface area contributed by atoms with Crippen molar-refractivity contribution in [2.75, 3.05) is 5.32 Å². The van der Waals surface area contributed by atoms with Gasteiger partial charge in [-0.15, -0.1) is 0 Å². The van der Waals surface area contributed by atoms with Crippen LogP contribution in [0.2, 0.25) is 5.02 Å². The Morgan fingerprint density at radius 3 is 2.48 bits per heavy atom. The average Bonchev–Trinajstić information content (AvgIpc) is 2.82. The van der Waals surface area contributed by atoms with Gasteiger partial charge in [-0.3, -0.25) is 4.79 Å². The lowest BCUT2D eigenvalue weighted by Gasteiger charge is -2.09. The number of hydrogen-bond donors (Lipinski definition) is 1. The van der Waals surface area contributed by atoms with Crippen molar-refractivity contribution in [1.82, 2.24) is 0 Å². The standard InChI is InChI=1S/C17H12ClNO3S/c1-11(12-2-5-14(18)6-3-12)17(20)19-15-7-4-13-8-9-23(21,22)16(13)10-15/h2-10H,1H2,(H,19,20). The molecule has 116 valence electrons. The van der Waals surface area contributed by atoms with Gasteiger partial charge in [0, 0.05) is 21.7 Å². The van der Waals surface area contributed by atoms with Crippen molar-refractivity contribution in [1.29, 1.82) is 0 Å². The molecule has 1 heterocycles. The van der Waals surface area contributed by atoms with Gasteiger partial charge in [-0.1, -0.05) is 36.4 Å². The third-order valence-corrected chi connectivity index (χ3v) is 5.18. The van der Waals surface area contributed by atoms with E-state index in [9.17, 15) is 13.2 Å². The van der Waals surface area contributed by atoms with Gasteiger partial charge >= 0.3 is 0 Å². The van der Waals surface area contributed by atoms with E-state index in [0.717, 1.165) is 5.41 Å². The summed E-state index contributed by atoms with van der Waals surface area (Å²) in [5.41, 5.74) is 1.92. The molecule has 0 bridgehead atoms. The maximum atomic E-state index is 12.3. The maximum Gasteiger partial charge on any atom is 0.255 e. The predicted molar refractivity (Wildman–Crippen MR) is 91.8 cm³/mol. The second-order valence-electron chi connectivity index (χ2n) is 5.04. The average molecular weight is 346 g/mol. The smallest absolute Gasteiger partial charge is 0.255 e. The van der Waals surface area contributed by atoms with Crippen molar-refractivity contribution in [3.63, 3.8) is 0 Å². The van der Waals surface area contributed by atoms with Gasteiger partial charge in [-0.05, 0) is 41.5 Å². The first-order chi connectivity index (χ1) is 10.9. The van der Waals surface area contributed by atoms with Crippen LogP contribution in [0.3, 0.4) is 0 Å².